The summed E-state index contributed by atoms with van der Waals surface area (Å²) >= 11 is -3.54. The number of fused-ring (bicyclic) bond motifs is 7. The Morgan fingerprint density at radius 2 is 1.22 bits per heavy atom. The van der Waals surface area contributed by atoms with E-state index in [-0.39, 0.29) is 5.41 Å². The average molecular weight is 990 g/mol. The maximum atomic E-state index is 7.34. The van der Waals surface area contributed by atoms with Gasteiger partial charge in [-0.3, -0.25) is 0 Å². The van der Waals surface area contributed by atoms with Crippen LogP contribution in [0.2, 0.25) is 6.82 Å². The molecule has 5 heterocycles. The number of para-hydroxylation sites is 3. The SMILES string of the molecule is CB1c2cccc[c]2[Ge]2([c]3ccccc31)[c]1cc(Oc3cccc(N4CN(c5c(-c6ccccc6)cccc5-c5ccccc5)c5ccccc54)c3)cc3c1c1c(n3-c3cc(C(C)(C)C)ccn3)C=CC[CH]12. The average Bonchev–Trinajstić information content (AvgIpc) is 4.07. The molecular formula is C65H53BGeN4O. The van der Waals surface area contributed by atoms with Crippen LogP contribution in [0.5, 0.6) is 11.5 Å². The minimum atomic E-state index is -3.54. The van der Waals surface area contributed by atoms with Crippen LogP contribution >= 0.6 is 0 Å². The van der Waals surface area contributed by atoms with E-state index in [4.69, 9.17) is 9.72 Å². The van der Waals surface area contributed by atoms with Gasteiger partial charge in [0.15, 0.2) is 0 Å². The van der Waals surface area contributed by atoms with E-state index in [1.807, 2.05) is 6.20 Å². The molecule has 0 amide bonds. The number of hydrogen-bond donors (Lipinski definition) is 0. The van der Waals surface area contributed by atoms with Gasteiger partial charge in [-0.2, -0.15) is 0 Å². The Morgan fingerprint density at radius 3 is 1.90 bits per heavy atom. The van der Waals surface area contributed by atoms with Crippen molar-refractivity contribution in [3.8, 4) is 39.6 Å². The maximum absolute atomic E-state index is 7.34. The van der Waals surface area contributed by atoms with Gasteiger partial charge in [-0.15, -0.1) is 0 Å². The van der Waals surface area contributed by atoms with Gasteiger partial charge in [-0.25, -0.2) is 0 Å². The summed E-state index contributed by atoms with van der Waals surface area (Å²) in [7, 11) is 0. The van der Waals surface area contributed by atoms with Gasteiger partial charge in [-0.05, 0) is 11.1 Å². The summed E-state index contributed by atoms with van der Waals surface area (Å²) in [6.07, 6.45) is 7.85. The molecule has 8 aromatic carbocycles. The van der Waals surface area contributed by atoms with E-state index < -0.39 is 13.3 Å². The Hall–Kier alpha value is -7.80. The number of ether oxygens (including phenoxy) is 1. The molecule has 0 N–H and O–H groups in total. The van der Waals surface area contributed by atoms with E-state index in [0.717, 1.165) is 35.1 Å². The first-order chi connectivity index (χ1) is 35.3. The van der Waals surface area contributed by atoms with Crippen molar-refractivity contribution in [2.75, 3.05) is 16.5 Å². The first-order valence-corrected chi connectivity index (χ1v) is 29.8. The number of pyridine rings is 1. The Morgan fingerprint density at radius 1 is 0.597 bits per heavy atom. The summed E-state index contributed by atoms with van der Waals surface area (Å²) in [5, 5.41) is 1.40. The normalized spacial score (nSPS) is 15.8. The van der Waals surface area contributed by atoms with Gasteiger partial charge in [0, 0.05) is 0 Å². The molecule has 3 aliphatic heterocycles. The summed E-state index contributed by atoms with van der Waals surface area (Å²) in [6.45, 7) is 10.2. The molecule has 1 unspecified atom stereocenters. The number of allylic oxidation sites excluding steroid dienone is 1. The fraction of sp³-hybridized carbons (Fsp3) is 0.123. The van der Waals surface area contributed by atoms with E-state index in [1.54, 1.807) is 8.79 Å². The Balaban J connectivity index is 0.930. The summed E-state index contributed by atoms with van der Waals surface area (Å²) in [6, 6.07) is 74.0. The van der Waals surface area contributed by atoms with Crippen molar-refractivity contribution in [2.45, 2.75) is 44.2 Å². The second-order valence-electron chi connectivity index (χ2n) is 21.1. The topological polar surface area (TPSA) is 33.5 Å². The fourth-order valence-electron chi connectivity index (χ4n) is 13.1. The Labute approximate surface area is 425 Å². The molecule has 0 saturated heterocycles. The molecule has 346 valence electrons. The van der Waals surface area contributed by atoms with E-state index >= 15 is 0 Å². The summed E-state index contributed by atoms with van der Waals surface area (Å²) in [5.41, 5.74) is 17.5. The molecule has 10 aromatic rings. The Kier molecular flexibility index (Phi) is 9.78. The first-order valence-electron chi connectivity index (χ1n) is 25.5. The molecule has 0 radical (unpaired) electrons. The van der Waals surface area contributed by atoms with Gasteiger partial charge in [0.25, 0.3) is 0 Å². The summed E-state index contributed by atoms with van der Waals surface area (Å²) < 4.78 is 14.8. The summed E-state index contributed by atoms with van der Waals surface area (Å²) in [5.74, 6) is 2.61. The van der Waals surface area contributed by atoms with Gasteiger partial charge in [0.1, 0.15) is 0 Å². The van der Waals surface area contributed by atoms with Crippen molar-refractivity contribution in [2.24, 2.45) is 0 Å². The van der Waals surface area contributed by atoms with Crippen molar-refractivity contribution in [3.63, 3.8) is 0 Å². The van der Waals surface area contributed by atoms with E-state index in [2.05, 4.69) is 254 Å². The van der Waals surface area contributed by atoms with Crippen molar-refractivity contribution in [1.29, 1.82) is 0 Å². The van der Waals surface area contributed by atoms with Crippen LogP contribution < -0.4 is 38.7 Å². The van der Waals surface area contributed by atoms with Crippen molar-refractivity contribution in [3.05, 3.63) is 229 Å². The zero-order chi connectivity index (χ0) is 48.3. The molecule has 7 heteroatoms. The number of aromatic nitrogens is 2. The number of benzene rings is 8. The number of anilines is 4. The van der Waals surface area contributed by atoms with Gasteiger partial charge in [-0.1, -0.05) is 78.9 Å². The van der Waals surface area contributed by atoms with Crippen molar-refractivity contribution < 1.29 is 4.74 Å². The molecule has 1 atom stereocenters. The third-order valence-electron chi connectivity index (χ3n) is 16.2. The molecule has 4 aliphatic rings. The molecule has 0 saturated carbocycles. The fourth-order valence-corrected chi connectivity index (χ4v) is 26.6. The van der Waals surface area contributed by atoms with Crippen molar-refractivity contribution >= 4 is 83.8 Å². The molecule has 5 nitrogen and oxygen atoms in total. The van der Waals surface area contributed by atoms with Crippen LogP contribution in [0.1, 0.15) is 48.8 Å². The molecule has 0 fully saturated rings. The first kappa shape index (κ1) is 43.0. The quantitative estimate of drug-likeness (QED) is 0.149. The van der Waals surface area contributed by atoms with E-state index in [1.165, 1.54) is 76.7 Å². The number of hydrogen-bond acceptors (Lipinski definition) is 4. The predicted octanol–water partition coefficient (Wildman–Crippen LogP) is 12.8. The molecule has 2 aromatic heterocycles. The second-order valence-corrected chi connectivity index (χ2v) is 29.3. The number of nitrogens with zero attached hydrogens (tertiary/aromatic N) is 4. The zero-order valence-electron chi connectivity index (χ0n) is 41.1. The molecule has 14 rings (SSSR count). The van der Waals surface area contributed by atoms with E-state index in [0.29, 0.717) is 18.1 Å². The number of rotatable bonds is 7. The van der Waals surface area contributed by atoms with Crippen molar-refractivity contribution in [1.82, 2.24) is 9.55 Å². The molecular weight excluding hydrogens is 936 g/mol. The van der Waals surface area contributed by atoms with Crippen LogP contribution in [-0.4, -0.2) is 36.2 Å². The van der Waals surface area contributed by atoms with Crippen LogP contribution in [0.15, 0.2) is 212 Å². The van der Waals surface area contributed by atoms with E-state index in [9.17, 15) is 0 Å². The predicted molar refractivity (Wildman–Crippen MR) is 304 cm³/mol. The van der Waals surface area contributed by atoms with Crippen LogP contribution in [0.4, 0.5) is 22.7 Å². The van der Waals surface area contributed by atoms with Crippen LogP contribution in [-0.2, 0) is 5.41 Å². The molecule has 72 heavy (non-hydrogen) atoms. The zero-order valence-corrected chi connectivity index (χ0v) is 43.1. The van der Waals surface area contributed by atoms with Gasteiger partial charge in [0.05, 0.1) is 0 Å². The molecule has 0 bridgehead atoms. The third kappa shape index (κ3) is 6.37. The standard InChI is InChI=1S/C65H53BGeN4O/c1-65(2,3)45-36-37-68-61(38-45)71-59-35-19-32-55-62(59)63-56(67(55)53-30-13-11-28-51(53)66(4)52-29-12-14-31-54(52)67)40-48(41-60(63)71)72-47-25-17-24-46(39-47)69-42-70(58-34-16-15-33-57(58)69)64-49(43-20-7-5-8-21-43)26-18-27-50(64)44-22-9-6-10-23-44/h5-31,33-41,55H,32,42H2,1-4H3. The molecule has 1 spiro atoms. The monoisotopic (exact) mass is 990 g/mol. The van der Waals surface area contributed by atoms with Gasteiger partial charge >= 0.3 is 338 Å². The van der Waals surface area contributed by atoms with Crippen LogP contribution in [0.25, 0.3) is 45.1 Å². The second kappa shape index (κ2) is 16.4. The van der Waals surface area contributed by atoms with Crippen LogP contribution in [0.3, 0.4) is 0 Å². The third-order valence-corrected chi connectivity index (χ3v) is 27.6. The summed E-state index contributed by atoms with van der Waals surface area (Å²) in [4.78, 5) is 10.1. The van der Waals surface area contributed by atoms with Gasteiger partial charge < -0.3 is 0 Å². The minimum absolute atomic E-state index is 0.0332. The molecule has 1 aliphatic carbocycles. The van der Waals surface area contributed by atoms with Gasteiger partial charge in [0.2, 0.25) is 0 Å². The Bertz CT molecular complexity index is 3730. The van der Waals surface area contributed by atoms with Crippen LogP contribution in [0, 0.1) is 0 Å².